The molecule has 1 aromatic heterocycles. The average Bonchev–Trinajstić information content (AvgIpc) is 2.74. The van der Waals surface area contributed by atoms with E-state index < -0.39 is 12.0 Å². The molecule has 0 aliphatic carbocycles. The number of carboxylic acids is 1. The van der Waals surface area contributed by atoms with Crippen molar-refractivity contribution in [2.45, 2.75) is 25.9 Å². The third-order valence-corrected chi connectivity index (χ3v) is 4.62. The van der Waals surface area contributed by atoms with Gasteiger partial charge in [0.25, 0.3) is 5.56 Å². The monoisotopic (exact) mass is 391 g/mol. The number of rotatable bonds is 9. The molecule has 29 heavy (non-hydrogen) atoms. The highest BCUT2D eigenvalue weighted by atomic mass is 16.4. The highest BCUT2D eigenvalue weighted by molar-refractivity contribution is 5.75. The van der Waals surface area contributed by atoms with E-state index in [1.807, 2.05) is 36.4 Å². The molecule has 0 fully saturated rings. The quantitative estimate of drug-likeness (QED) is 0.445. The molecule has 6 heteroatoms. The summed E-state index contributed by atoms with van der Waals surface area (Å²) in [4.78, 5) is 27.0. The standard InChI is InChI=1S/C23H25N3O3/c1-2-13-24-19-10-6-9-17(14-19)20-12-11-18(22(27)26-20)15-25-21(23(28)29)16-7-4-3-5-8-16/h3-12,14,21,24-25H,2,13,15H2,1H3,(H,26,27)(H,28,29)/t21-/m1/s1. The van der Waals surface area contributed by atoms with E-state index in [1.54, 1.807) is 30.3 Å². The summed E-state index contributed by atoms with van der Waals surface area (Å²) in [6.45, 7) is 3.14. The lowest BCUT2D eigenvalue weighted by atomic mass is 10.1. The Hall–Kier alpha value is -3.38. The van der Waals surface area contributed by atoms with Gasteiger partial charge < -0.3 is 15.4 Å². The third kappa shape index (κ3) is 5.33. The number of pyridine rings is 1. The summed E-state index contributed by atoms with van der Waals surface area (Å²) in [7, 11) is 0. The Kier molecular flexibility index (Phi) is 6.81. The average molecular weight is 391 g/mol. The molecule has 0 aliphatic rings. The highest BCUT2D eigenvalue weighted by Crippen LogP contribution is 2.20. The molecule has 0 bridgehead atoms. The van der Waals surface area contributed by atoms with Crippen molar-refractivity contribution in [3.63, 3.8) is 0 Å². The number of aromatic nitrogens is 1. The second kappa shape index (κ2) is 9.71. The van der Waals surface area contributed by atoms with E-state index in [-0.39, 0.29) is 12.1 Å². The number of carbonyl (C=O) groups is 1. The fourth-order valence-electron chi connectivity index (χ4n) is 3.08. The Morgan fingerprint density at radius 1 is 1.07 bits per heavy atom. The SMILES string of the molecule is CCCNc1cccc(-c2ccc(CN[C@@H](C(=O)O)c3ccccc3)c(=O)[nH]2)c1. The van der Waals surface area contributed by atoms with E-state index in [2.05, 4.69) is 22.5 Å². The van der Waals surface area contributed by atoms with Gasteiger partial charge in [0.1, 0.15) is 6.04 Å². The van der Waals surface area contributed by atoms with Gasteiger partial charge in [-0.15, -0.1) is 0 Å². The number of nitrogens with one attached hydrogen (secondary N) is 3. The van der Waals surface area contributed by atoms with Crippen LogP contribution in [0.1, 0.15) is 30.5 Å². The first kappa shape index (κ1) is 20.4. The summed E-state index contributed by atoms with van der Waals surface area (Å²) in [5.41, 5.74) is 3.52. The van der Waals surface area contributed by atoms with Crippen molar-refractivity contribution in [1.29, 1.82) is 0 Å². The van der Waals surface area contributed by atoms with Crippen molar-refractivity contribution < 1.29 is 9.90 Å². The van der Waals surface area contributed by atoms with Crippen LogP contribution in [0.4, 0.5) is 5.69 Å². The van der Waals surface area contributed by atoms with E-state index >= 15 is 0 Å². The molecule has 3 aromatic rings. The third-order valence-electron chi connectivity index (χ3n) is 4.62. The van der Waals surface area contributed by atoms with Gasteiger partial charge in [-0.1, -0.05) is 55.5 Å². The van der Waals surface area contributed by atoms with Crippen LogP contribution in [0.3, 0.4) is 0 Å². The molecular weight excluding hydrogens is 366 g/mol. The van der Waals surface area contributed by atoms with Gasteiger partial charge >= 0.3 is 5.97 Å². The summed E-state index contributed by atoms with van der Waals surface area (Å²) in [6.07, 6.45) is 1.03. The molecule has 0 saturated heterocycles. The fraction of sp³-hybridized carbons (Fsp3) is 0.217. The Morgan fingerprint density at radius 2 is 1.86 bits per heavy atom. The summed E-state index contributed by atoms with van der Waals surface area (Å²) in [6, 6.07) is 19.5. The number of aliphatic carboxylic acids is 1. The van der Waals surface area contributed by atoms with E-state index in [0.29, 0.717) is 11.1 Å². The lowest BCUT2D eigenvalue weighted by molar-refractivity contribution is -0.139. The number of hydrogen-bond acceptors (Lipinski definition) is 4. The van der Waals surface area contributed by atoms with Crippen molar-refractivity contribution in [3.8, 4) is 11.3 Å². The minimum Gasteiger partial charge on any atom is -0.480 e. The molecule has 1 atom stereocenters. The topological polar surface area (TPSA) is 94.2 Å². The maximum atomic E-state index is 12.5. The Balaban J connectivity index is 1.74. The molecule has 4 N–H and O–H groups in total. The van der Waals surface area contributed by atoms with Gasteiger partial charge in [0, 0.05) is 35.6 Å². The maximum Gasteiger partial charge on any atom is 0.325 e. The van der Waals surface area contributed by atoms with Crippen molar-refractivity contribution in [3.05, 3.63) is 88.2 Å². The van der Waals surface area contributed by atoms with Gasteiger partial charge in [-0.2, -0.15) is 0 Å². The van der Waals surface area contributed by atoms with E-state index in [9.17, 15) is 14.7 Å². The van der Waals surface area contributed by atoms with Crippen LogP contribution < -0.4 is 16.2 Å². The highest BCUT2D eigenvalue weighted by Gasteiger charge is 2.19. The zero-order valence-electron chi connectivity index (χ0n) is 16.3. The number of anilines is 1. The number of aromatic amines is 1. The van der Waals surface area contributed by atoms with Gasteiger partial charge in [0.05, 0.1) is 0 Å². The van der Waals surface area contributed by atoms with Gasteiger partial charge in [-0.3, -0.25) is 14.9 Å². The lowest BCUT2D eigenvalue weighted by Gasteiger charge is -2.15. The predicted molar refractivity (Wildman–Crippen MR) is 115 cm³/mol. The molecule has 0 radical (unpaired) electrons. The maximum absolute atomic E-state index is 12.5. The van der Waals surface area contributed by atoms with Gasteiger partial charge in [0.15, 0.2) is 0 Å². The molecular formula is C23H25N3O3. The van der Waals surface area contributed by atoms with Crippen LogP contribution in [0, 0.1) is 0 Å². The normalized spacial score (nSPS) is 11.8. The smallest absolute Gasteiger partial charge is 0.325 e. The molecule has 0 unspecified atom stereocenters. The molecule has 0 saturated carbocycles. The van der Waals surface area contributed by atoms with E-state index in [1.165, 1.54) is 0 Å². The first-order valence-electron chi connectivity index (χ1n) is 9.66. The van der Waals surface area contributed by atoms with Crippen LogP contribution in [0.25, 0.3) is 11.3 Å². The second-order valence-corrected chi connectivity index (χ2v) is 6.80. The van der Waals surface area contributed by atoms with Crippen LogP contribution in [0.5, 0.6) is 0 Å². The van der Waals surface area contributed by atoms with Crippen LogP contribution in [-0.2, 0) is 11.3 Å². The van der Waals surface area contributed by atoms with E-state index in [0.717, 1.165) is 29.9 Å². The van der Waals surface area contributed by atoms with Crippen LogP contribution in [0.2, 0.25) is 0 Å². The minimum atomic E-state index is -0.986. The first-order chi connectivity index (χ1) is 14.1. The van der Waals surface area contributed by atoms with Crippen molar-refractivity contribution >= 4 is 11.7 Å². The molecule has 3 rings (SSSR count). The second-order valence-electron chi connectivity index (χ2n) is 6.80. The molecule has 0 amide bonds. The Bertz CT molecular complexity index is 1020. The number of benzene rings is 2. The van der Waals surface area contributed by atoms with Gasteiger partial charge in [0.2, 0.25) is 0 Å². The van der Waals surface area contributed by atoms with Crippen molar-refractivity contribution in [1.82, 2.24) is 10.3 Å². The first-order valence-corrected chi connectivity index (χ1v) is 9.66. The van der Waals surface area contributed by atoms with Crippen LogP contribution >= 0.6 is 0 Å². The van der Waals surface area contributed by atoms with Crippen LogP contribution in [-0.4, -0.2) is 22.6 Å². The molecule has 0 aliphatic heterocycles. The Morgan fingerprint density at radius 3 is 2.55 bits per heavy atom. The van der Waals surface area contributed by atoms with Gasteiger partial charge in [-0.25, -0.2) is 0 Å². The Labute approximate surface area is 169 Å². The number of H-pyrrole nitrogens is 1. The number of hydrogen-bond donors (Lipinski definition) is 4. The molecule has 2 aromatic carbocycles. The largest absolute Gasteiger partial charge is 0.480 e. The fourth-order valence-corrected chi connectivity index (χ4v) is 3.08. The summed E-state index contributed by atoms with van der Waals surface area (Å²) in [5, 5.41) is 15.8. The minimum absolute atomic E-state index is 0.152. The van der Waals surface area contributed by atoms with Gasteiger partial charge in [-0.05, 0) is 30.2 Å². The summed E-state index contributed by atoms with van der Waals surface area (Å²) in [5.74, 6) is -0.986. The lowest BCUT2D eigenvalue weighted by Crippen LogP contribution is -2.30. The number of carboxylic acid groups (broad SMARTS) is 1. The zero-order valence-corrected chi connectivity index (χ0v) is 16.3. The molecule has 0 spiro atoms. The van der Waals surface area contributed by atoms with Crippen LogP contribution in [0.15, 0.2) is 71.5 Å². The molecule has 6 nitrogen and oxygen atoms in total. The van der Waals surface area contributed by atoms with Crippen molar-refractivity contribution in [2.24, 2.45) is 0 Å². The predicted octanol–water partition coefficient (Wildman–Crippen LogP) is 3.78. The van der Waals surface area contributed by atoms with E-state index in [4.69, 9.17) is 0 Å². The summed E-state index contributed by atoms with van der Waals surface area (Å²) < 4.78 is 0. The van der Waals surface area contributed by atoms with Crippen molar-refractivity contribution in [2.75, 3.05) is 11.9 Å². The summed E-state index contributed by atoms with van der Waals surface area (Å²) >= 11 is 0. The zero-order chi connectivity index (χ0) is 20.6. The molecule has 150 valence electrons. The molecule has 1 heterocycles.